The molecule has 0 fully saturated rings. The van der Waals surface area contributed by atoms with E-state index >= 15 is 0 Å². The van der Waals surface area contributed by atoms with Gasteiger partial charge in [-0.2, -0.15) is 0 Å². The number of nitrogens with one attached hydrogen (secondary N) is 1. The predicted molar refractivity (Wildman–Crippen MR) is 62.8 cm³/mol. The minimum absolute atomic E-state index is 0.00701. The van der Waals surface area contributed by atoms with Crippen LogP contribution in [0.4, 0.5) is 10.1 Å². The largest absolute Gasteiger partial charge is 0.399 e. The van der Waals surface area contributed by atoms with Gasteiger partial charge in [-0.3, -0.25) is 4.79 Å². The van der Waals surface area contributed by atoms with E-state index < -0.39 is 17.3 Å². The normalized spacial score (nSPS) is 11.3. The number of nitrogen functional groups attached to an aromatic ring is 1. The zero-order chi connectivity index (χ0) is 12.5. The van der Waals surface area contributed by atoms with Crippen molar-refractivity contribution in [3.05, 3.63) is 29.1 Å². The second-order valence-electron chi connectivity index (χ2n) is 4.90. The number of hydrogen-bond donors (Lipinski definition) is 2. The maximum absolute atomic E-state index is 13.7. The zero-order valence-electron chi connectivity index (χ0n) is 10.0. The second-order valence-corrected chi connectivity index (χ2v) is 4.90. The molecule has 0 unspecified atom stereocenters. The van der Waals surface area contributed by atoms with Crippen LogP contribution in [-0.4, -0.2) is 11.4 Å². The van der Waals surface area contributed by atoms with Crippen molar-refractivity contribution < 1.29 is 9.18 Å². The van der Waals surface area contributed by atoms with Crippen LogP contribution >= 0.6 is 0 Å². The highest BCUT2D eigenvalue weighted by molar-refractivity contribution is 5.96. The number of rotatable bonds is 1. The van der Waals surface area contributed by atoms with Gasteiger partial charge in [0.2, 0.25) is 0 Å². The Morgan fingerprint density at radius 2 is 1.94 bits per heavy atom. The molecule has 1 amide bonds. The maximum atomic E-state index is 13.7. The van der Waals surface area contributed by atoms with Crippen molar-refractivity contribution in [2.24, 2.45) is 0 Å². The molecule has 4 heteroatoms. The molecule has 0 atom stereocenters. The lowest BCUT2D eigenvalue weighted by atomic mass is 10.1. The van der Waals surface area contributed by atoms with E-state index in [0.29, 0.717) is 11.3 Å². The Bertz CT molecular complexity index is 422. The van der Waals surface area contributed by atoms with Gasteiger partial charge in [-0.05, 0) is 45.4 Å². The Balaban J connectivity index is 3.09. The van der Waals surface area contributed by atoms with E-state index in [4.69, 9.17) is 5.73 Å². The Labute approximate surface area is 94.8 Å². The summed E-state index contributed by atoms with van der Waals surface area (Å²) in [5.41, 5.74) is 5.94. The molecule has 0 aliphatic heterocycles. The molecular weight excluding hydrogens is 207 g/mol. The highest BCUT2D eigenvalue weighted by atomic mass is 19.1. The molecule has 88 valence electrons. The Morgan fingerprint density at radius 1 is 1.38 bits per heavy atom. The van der Waals surface area contributed by atoms with Crippen LogP contribution in [0.2, 0.25) is 0 Å². The Kier molecular flexibility index (Phi) is 3.21. The third-order valence-corrected chi connectivity index (χ3v) is 2.01. The Morgan fingerprint density at radius 3 is 2.44 bits per heavy atom. The summed E-state index contributed by atoms with van der Waals surface area (Å²) in [7, 11) is 0. The number of aryl methyl sites for hydroxylation is 1. The molecule has 16 heavy (non-hydrogen) atoms. The average molecular weight is 224 g/mol. The topological polar surface area (TPSA) is 55.1 Å². The number of nitrogens with two attached hydrogens (primary N) is 1. The first-order valence-corrected chi connectivity index (χ1v) is 5.09. The summed E-state index contributed by atoms with van der Waals surface area (Å²) < 4.78 is 13.7. The van der Waals surface area contributed by atoms with E-state index in [9.17, 15) is 9.18 Å². The van der Waals surface area contributed by atoms with E-state index in [2.05, 4.69) is 5.32 Å². The smallest absolute Gasteiger partial charge is 0.254 e. The zero-order valence-corrected chi connectivity index (χ0v) is 10.0. The fraction of sp³-hybridized carbons (Fsp3) is 0.417. The summed E-state index contributed by atoms with van der Waals surface area (Å²) in [6.07, 6.45) is 0. The molecule has 0 spiro atoms. The lowest BCUT2D eigenvalue weighted by molar-refractivity contribution is 0.0915. The lowest BCUT2D eigenvalue weighted by Gasteiger charge is -2.21. The van der Waals surface area contributed by atoms with Gasteiger partial charge in [0.05, 0.1) is 5.56 Å². The standard InChI is InChI=1S/C12H17FN2O/c1-7-5-8(14)6-9(10(7)13)11(16)15-12(2,3)4/h5-6H,14H2,1-4H3,(H,15,16). The van der Waals surface area contributed by atoms with E-state index in [-0.39, 0.29) is 5.56 Å². The van der Waals surface area contributed by atoms with Crippen LogP contribution in [0, 0.1) is 12.7 Å². The predicted octanol–water partition coefficient (Wildman–Crippen LogP) is 2.24. The van der Waals surface area contributed by atoms with Crippen LogP contribution in [0.15, 0.2) is 12.1 Å². The quantitative estimate of drug-likeness (QED) is 0.719. The summed E-state index contributed by atoms with van der Waals surface area (Å²) in [4.78, 5) is 11.8. The summed E-state index contributed by atoms with van der Waals surface area (Å²) in [6.45, 7) is 7.09. The first-order valence-electron chi connectivity index (χ1n) is 5.09. The number of hydrogen-bond acceptors (Lipinski definition) is 2. The third-order valence-electron chi connectivity index (χ3n) is 2.01. The van der Waals surface area contributed by atoms with E-state index in [1.807, 2.05) is 20.8 Å². The number of anilines is 1. The van der Waals surface area contributed by atoms with Gasteiger partial charge in [0.15, 0.2) is 0 Å². The molecule has 1 aromatic carbocycles. The van der Waals surface area contributed by atoms with Crippen molar-refractivity contribution in [2.45, 2.75) is 33.2 Å². The molecule has 0 heterocycles. The molecule has 1 aromatic rings. The molecule has 0 aromatic heterocycles. The highest BCUT2D eigenvalue weighted by Gasteiger charge is 2.19. The van der Waals surface area contributed by atoms with Crippen LogP contribution in [0.5, 0.6) is 0 Å². The molecule has 1 rings (SSSR count). The molecule has 3 nitrogen and oxygen atoms in total. The van der Waals surface area contributed by atoms with Gasteiger partial charge in [-0.15, -0.1) is 0 Å². The second kappa shape index (κ2) is 4.12. The SMILES string of the molecule is Cc1cc(N)cc(C(=O)NC(C)(C)C)c1F. The van der Waals surface area contributed by atoms with E-state index in [1.165, 1.54) is 12.1 Å². The van der Waals surface area contributed by atoms with Gasteiger partial charge in [-0.25, -0.2) is 4.39 Å². The minimum atomic E-state index is -0.518. The summed E-state index contributed by atoms with van der Waals surface area (Å²) in [5.74, 6) is -0.962. The van der Waals surface area contributed by atoms with Crippen molar-refractivity contribution in [2.75, 3.05) is 5.73 Å². The number of halogens is 1. The number of carbonyl (C=O) groups excluding carboxylic acids is 1. The average Bonchev–Trinajstić information content (AvgIpc) is 2.08. The summed E-state index contributed by atoms with van der Waals surface area (Å²) >= 11 is 0. The van der Waals surface area contributed by atoms with Gasteiger partial charge >= 0.3 is 0 Å². The highest BCUT2D eigenvalue weighted by Crippen LogP contribution is 2.17. The minimum Gasteiger partial charge on any atom is -0.399 e. The maximum Gasteiger partial charge on any atom is 0.254 e. The summed E-state index contributed by atoms with van der Waals surface area (Å²) in [6, 6.07) is 2.85. The van der Waals surface area contributed by atoms with Gasteiger partial charge in [0, 0.05) is 11.2 Å². The van der Waals surface area contributed by atoms with Crippen LogP contribution in [-0.2, 0) is 0 Å². The van der Waals surface area contributed by atoms with E-state index in [1.54, 1.807) is 6.92 Å². The molecule has 0 aliphatic carbocycles. The van der Waals surface area contributed by atoms with Crippen LogP contribution in [0.1, 0.15) is 36.7 Å². The van der Waals surface area contributed by atoms with Gasteiger partial charge in [-0.1, -0.05) is 0 Å². The fourth-order valence-corrected chi connectivity index (χ4v) is 1.37. The Hall–Kier alpha value is -1.58. The fourth-order valence-electron chi connectivity index (χ4n) is 1.37. The van der Waals surface area contributed by atoms with Crippen molar-refractivity contribution >= 4 is 11.6 Å². The van der Waals surface area contributed by atoms with Crippen molar-refractivity contribution in [3.8, 4) is 0 Å². The molecule has 0 saturated carbocycles. The molecule has 0 saturated heterocycles. The first-order chi connectivity index (χ1) is 7.20. The molecular formula is C12H17FN2O. The van der Waals surface area contributed by atoms with Crippen molar-refractivity contribution in [1.29, 1.82) is 0 Å². The van der Waals surface area contributed by atoms with Crippen molar-refractivity contribution in [3.63, 3.8) is 0 Å². The van der Waals surface area contributed by atoms with Gasteiger partial charge < -0.3 is 11.1 Å². The molecule has 0 radical (unpaired) electrons. The monoisotopic (exact) mass is 224 g/mol. The van der Waals surface area contributed by atoms with Gasteiger partial charge in [0.25, 0.3) is 5.91 Å². The van der Waals surface area contributed by atoms with Crippen molar-refractivity contribution in [1.82, 2.24) is 5.32 Å². The molecule has 0 bridgehead atoms. The first kappa shape index (κ1) is 12.5. The molecule has 0 aliphatic rings. The number of carbonyl (C=O) groups is 1. The van der Waals surface area contributed by atoms with Crippen LogP contribution < -0.4 is 11.1 Å². The molecule has 3 N–H and O–H groups in total. The lowest BCUT2D eigenvalue weighted by Crippen LogP contribution is -2.41. The van der Waals surface area contributed by atoms with E-state index in [0.717, 1.165) is 0 Å². The third kappa shape index (κ3) is 2.95. The van der Waals surface area contributed by atoms with Gasteiger partial charge in [0.1, 0.15) is 5.82 Å². The number of benzene rings is 1. The van der Waals surface area contributed by atoms with Crippen LogP contribution in [0.3, 0.4) is 0 Å². The van der Waals surface area contributed by atoms with Crippen LogP contribution in [0.25, 0.3) is 0 Å². The summed E-state index contributed by atoms with van der Waals surface area (Å²) in [5, 5.41) is 2.70. The number of amides is 1.